The molecule has 0 aliphatic heterocycles. The number of hydrogen-bond donors (Lipinski definition) is 1. The SMILES string of the molecule is C1CC(C2CC2CNC2CC2)C1. The van der Waals surface area contributed by atoms with Crippen LogP contribution in [-0.4, -0.2) is 12.6 Å². The second-order valence-corrected chi connectivity index (χ2v) is 5.03. The molecule has 3 fully saturated rings. The lowest BCUT2D eigenvalue weighted by atomic mass is 9.81. The van der Waals surface area contributed by atoms with E-state index in [4.69, 9.17) is 0 Å². The first kappa shape index (κ1) is 7.37. The summed E-state index contributed by atoms with van der Waals surface area (Å²) in [5, 5.41) is 3.65. The first-order valence-electron chi connectivity index (χ1n) is 5.67. The average molecular weight is 165 g/mol. The summed E-state index contributed by atoms with van der Waals surface area (Å²) >= 11 is 0. The molecule has 0 heterocycles. The van der Waals surface area contributed by atoms with Gasteiger partial charge in [-0.2, -0.15) is 0 Å². The molecule has 1 heteroatoms. The van der Waals surface area contributed by atoms with Gasteiger partial charge in [-0.05, 0) is 43.6 Å². The third kappa shape index (κ3) is 1.39. The topological polar surface area (TPSA) is 12.0 Å². The Morgan fingerprint density at radius 2 is 1.92 bits per heavy atom. The Kier molecular flexibility index (Phi) is 1.68. The van der Waals surface area contributed by atoms with E-state index in [1.165, 1.54) is 25.8 Å². The smallest absolute Gasteiger partial charge is 0.00683 e. The first-order valence-corrected chi connectivity index (χ1v) is 5.67. The van der Waals surface area contributed by atoms with Gasteiger partial charge in [-0.3, -0.25) is 0 Å². The van der Waals surface area contributed by atoms with Crippen LogP contribution >= 0.6 is 0 Å². The van der Waals surface area contributed by atoms with Gasteiger partial charge < -0.3 is 5.32 Å². The van der Waals surface area contributed by atoms with Gasteiger partial charge in [-0.15, -0.1) is 0 Å². The Labute approximate surface area is 74.9 Å². The summed E-state index contributed by atoms with van der Waals surface area (Å²) < 4.78 is 0. The van der Waals surface area contributed by atoms with Crippen LogP contribution in [0.2, 0.25) is 0 Å². The molecule has 2 unspecified atom stereocenters. The molecule has 0 spiro atoms. The number of hydrogen-bond acceptors (Lipinski definition) is 1. The van der Waals surface area contributed by atoms with Crippen LogP contribution in [0.5, 0.6) is 0 Å². The molecule has 0 saturated heterocycles. The summed E-state index contributed by atoms with van der Waals surface area (Å²) in [5.41, 5.74) is 0. The van der Waals surface area contributed by atoms with Crippen LogP contribution in [0.25, 0.3) is 0 Å². The van der Waals surface area contributed by atoms with Gasteiger partial charge in [0.15, 0.2) is 0 Å². The lowest BCUT2D eigenvalue weighted by Gasteiger charge is -2.25. The summed E-state index contributed by atoms with van der Waals surface area (Å²) in [5.74, 6) is 3.37. The van der Waals surface area contributed by atoms with Crippen LogP contribution in [-0.2, 0) is 0 Å². The molecule has 68 valence electrons. The van der Waals surface area contributed by atoms with Crippen LogP contribution in [0.1, 0.15) is 38.5 Å². The molecular weight excluding hydrogens is 146 g/mol. The van der Waals surface area contributed by atoms with Gasteiger partial charge in [0.2, 0.25) is 0 Å². The Hall–Kier alpha value is -0.0400. The summed E-state index contributed by atoms with van der Waals surface area (Å²) in [6.07, 6.45) is 9.05. The minimum atomic E-state index is 0.924. The third-order valence-corrected chi connectivity index (χ3v) is 3.98. The highest BCUT2D eigenvalue weighted by atomic mass is 15.0. The second kappa shape index (κ2) is 2.73. The molecule has 3 rings (SSSR count). The fraction of sp³-hybridized carbons (Fsp3) is 1.00. The summed E-state index contributed by atoms with van der Waals surface area (Å²) in [4.78, 5) is 0. The Balaban J connectivity index is 1.37. The van der Waals surface area contributed by atoms with Gasteiger partial charge in [0.05, 0.1) is 0 Å². The monoisotopic (exact) mass is 165 g/mol. The van der Waals surface area contributed by atoms with E-state index in [-0.39, 0.29) is 0 Å². The summed E-state index contributed by atoms with van der Waals surface area (Å²) in [7, 11) is 0. The highest BCUT2D eigenvalue weighted by Crippen LogP contribution is 2.51. The molecule has 0 bridgehead atoms. The van der Waals surface area contributed by atoms with Crippen LogP contribution in [0.15, 0.2) is 0 Å². The van der Waals surface area contributed by atoms with Crippen molar-refractivity contribution in [2.75, 3.05) is 6.54 Å². The van der Waals surface area contributed by atoms with Gasteiger partial charge in [0.1, 0.15) is 0 Å². The van der Waals surface area contributed by atoms with Gasteiger partial charge in [-0.1, -0.05) is 19.3 Å². The highest BCUT2D eigenvalue weighted by Gasteiger charge is 2.44. The fourth-order valence-electron chi connectivity index (χ4n) is 2.56. The van der Waals surface area contributed by atoms with Gasteiger partial charge in [-0.25, -0.2) is 0 Å². The van der Waals surface area contributed by atoms with Crippen molar-refractivity contribution in [1.82, 2.24) is 5.32 Å². The van der Waals surface area contributed by atoms with Gasteiger partial charge in [0, 0.05) is 6.04 Å². The third-order valence-electron chi connectivity index (χ3n) is 3.98. The van der Waals surface area contributed by atoms with Crippen LogP contribution in [0, 0.1) is 17.8 Å². The molecule has 12 heavy (non-hydrogen) atoms. The van der Waals surface area contributed by atoms with Crippen molar-refractivity contribution >= 4 is 0 Å². The Bertz CT molecular complexity index is 170. The van der Waals surface area contributed by atoms with Crippen LogP contribution in [0.3, 0.4) is 0 Å². The molecule has 0 amide bonds. The Morgan fingerprint density at radius 1 is 1.08 bits per heavy atom. The number of nitrogens with one attached hydrogen (secondary N) is 1. The van der Waals surface area contributed by atoms with E-state index >= 15 is 0 Å². The standard InChI is InChI=1S/C11H19N/c1-2-8(3-1)11-6-9(11)7-12-10-4-5-10/h8-12H,1-7H2. The first-order chi connectivity index (χ1) is 5.93. The molecular formula is C11H19N. The maximum absolute atomic E-state index is 3.65. The normalized spacial score (nSPS) is 41.0. The maximum atomic E-state index is 3.65. The maximum Gasteiger partial charge on any atom is 0.00683 e. The molecule has 0 radical (unpaired) electrons. The minimum Gasteiger partial charge on any atom is -0.314 e. The van der Waals surface area contributed by atoms with Crippen molar-refractivity contribution in [1.29, 1.82) is 0 Å². The average Bonchev–Trinajstić information content (AvgIpc) is 2.73. The van der Waals surface area contributed by atoms with Crippen molar-refractivity contribution in [2.45, 2.75) is 44.6 Å². The summed E-state index contributed by atoms with van der Waals surface area (Å²) in [6.45, 7) is 1.34. The molecule has 3 saturated carbocycles. The van der Waals surface area contributed by atoms with E-state index in [9.17, 15) is 0 Å². The van der Waals surface area contributed by atoms with Gasteiger partial charge >= 0.3 is 0 Å². The minimum absolute atomic E-state index is 0.924. The predicted octanol–water partition coefficient (Wildman–Crippen LogP) is 2.17. The molecule has 0 aromatic carbocycles. The van der Waals surface area contributed by atoms with Crippen molar-refractivity contribution in [3.8, 4) is 0 Å². The predicted molar refractivity (Wildman–Crippen MR) is 50.0 cm³/mol. The zero-order chi connectivity index (χ0) is 7.97. The van der Waals surface area contributed by atoms with E-state index in [2.05, 4.69) is 5.32 Å². The van der Waals surface area contributed by atoms with E-state index in [0.29, 0.717) is 0 Å². The largest absolute Gasteiger partial charge is 0.314 e. The quantitative estimate of drug-likeness (QED) is 0.673. The highest BCUT2D eigenvalue weighted by molar-refractivity contribution is 4.96. The molecule has 1 nitrogen and oxygen atoms in total. The molecule has 0 aromatic heterocycles. The molecule has 1 N–H and O–H groups in total. The van der Waals surface area contributed by atoms with Crippen molar-refractivity contribution in [3.05, 3.63) is 0 Å². The Morgan fingerprint density at radius 3 is 2.50 bits per heavy atom. The zero-order valence-corrected chi connectivity index (χ0v) is 7.76. The number of rotatable bonds is 4. The van der Waals surface area contributed by atoms with E-state index < -0.39 is 0 Å². The lowest BCUT2D eigenvalue weighted by Crippen LogP contribution is -2.22. The zero-order valence-electron chi connectivity index (χ0n) is 7.76. The van der Waals surface area contributed by atoms with E-state index in [1.807, 2.05) is 0 Å². The van der Waals surface area contributed by atoms with Crippen molar-refractivity contribution in [2.24, 2.45) is 17.8 Å². The molecule has 3 aliphatic rings. The van der Waals surface area contributed by atoms with E-state index in [0.717, 1.165) is 23.8 Å². The molecule has 2 atom stereocenters. The van der Waals surface area contributed by atoms with Crippen LogP contribution in [0.4, 0.5) is 0 Å². The van der Waals surface area contributed by atoms with Crippen LogP contribution < -0.4 is 5.32 Å². The fourth-order valence-corrected chi connectivity index (χ4v) is 2.56. The second-order valence-electron chi connectivity index (χ2n) is 5.03. The lowest BCUT2D eigenvalue weighted by molar-refractivity contribution is 0.264. The molecule has 0 aromatic rings. The van der Waals surface area contributed by atoms with Crippen molar-refractivity contribution < 1.29 is 0 Å². The van der Waals surface area contributed by atoms with E-state index in [1.54, 1.807) is 19.3 Å². The molecule has 3 aliphatic carbocycles. The van der Waals surface area contributed by atoms with Gasteiger partial charge in [0.25, 0.3) is 0 Å². The summed E-state index contributed by atoms with van der Waals surface area (Å²) in [6, 6.07) is 0.924. The van der Waals surface area contributed by atoms with Crippen molar-refractivity contribution in [3.63, 3.8) is 0 Å².